The van der Waals surface area contributed by atoms with E-state index < -0.39 is 0 Å². The van der Waals surface area contributed by atoms with Gasteiger partial charge in [0.15, 0.2) is 0 Å². The van der Waals surface area contributed by atoms with Crippen molar-refractivity contribution in [3.8, 4) is 0 Å². The number of aromatic nitrogens is 2. The molecule has 0 radical (unpaired) electrons. The molecule has 22 heavy (non-hydrogen) atoms. The smallest absolute Gasteiger partial charge is 0.260 e. The van der Waals surface area contributed by atoms with Gasteiger partial charge < -0.3 is 5.32 Å². The molecule has 1 heterocycles. The van der Waals surface area contributed by atoms with Gasteiger partial charge in [-0.15, -0.1) is 0 Å². The van der Waals surface area contributed by atoms with Gasteiger partial charge in [-0.3, -0.25) is 9.78 Å². The third-order valence-electron chi connectivity index (χ3n) is 3.71. The third-order valence-corrected chi connectivity index (χ3v) is 3.71. The molecule has 0 aliphatic heterocycles. The monoisotopic (exact) mass is 293 g/mol. The fourth-order valence-corrected chi connectivity index (χ4v) is 2.70. The molecule has 0 spiro atoms. The minimum Gasteiger partial charge on any atom is -0.349 e. The number of para-hydroxylation sites is 1. The van der Waals surface area contributed by atoms with Crippen molar-refractivity contribution in [2.45, 2.75) is 26.8 Å². The molecular weight excluding hydrogens is 274 g/mol. The summed E-state index contributed by atoms with van der Waals surface area (Å²) in [5, 5.41) is 3.88. The van der Waals surface area contributed by atoms with Crippen LogP contribution in [0.4, 0.5) is 5.95 Å². The van der Waals surface area contributed by atoms with E-state index in [4.69, 9.17) is 0 Å². The number of anilines is 1. The predicted octanol–water partition coefficient (Wildman–Crippen LogP) is 3.71. The molecule has 0 aliphatic rings. The summed E-state index contributed by atoms with van der Waals surface area (Å²) in [7, 11) is 0. The Balaban J connectivity index is 1.94. The van der Waals surface area contributed by atoms with Crippen molar-refractivity contribution < 1.29 is 0 Å². The number of nitrogens with one attached hydrogen (secondary N) is 2. The van der Waals surface area contributed by atoms with Crippen molar-refractivity contribution in [1.82, 2.24) is 9.97 Å². The molecule has 0 saturated carbocycles. The van der Waals surface area contributed by atoms with Crippen LogP contribution < -0.4 is 10.9 Å². The van der Waals surface area contributed by atoms with E-state index in [9.17, 15) is 4.79 Å². The van der Waals surface area contributed by atoms with Gasteiger partial charge in [-0.25, -0.2) is 4.98 Å². The molecule has 0 fully saturated rings. The van der Waals surface area contributed by atoms with Gasteiger partial charge in [0.2, 0.25) is 5.95 Å². The second kappa shape index (κ2) is 5.64. The van der Waals surface area contributed by atoms with E-state index in [0.717, 1.165) is 0 Å². The highest BCUT2D eigenvalue weighted by Gasteiger charge is 2.09. The molecule has 1 atom stereocenters. The molecule has 0 saturated heterocycles. The van der Waals surface area contributed by atoms with Crippen molar-refractivity contribution in [2.24, 2.45) is 0 Å². The second-order valence-electron chi connectivity index (χ2n) is 5.72. The van der Waals surface area contributed by atoms with Gasteiger partial charge in [0, 0.05) is 0 Å². The van der Waals surface area contributed by atoms with Crippen molar-refractivity contribution in [3.05, 3.63) is 69.5 Å². The number of fused-ring (bicyclic) bond motifs is 1. The third kappa shape index (κ3) is 2.86. The molecule has 1 aromatic heterocycles. The van der Waals surface area contributed by atoms with Crippen LogP contribution in [0.2, 0.25) is 0 Å². The van der Waals surface area contributed by atoms with Gasteiger partial charge >= 0.3 is 0 Å². The quantitative estimate of drug-likeness (QED) is 0.774. The Morgan fingerprint density at radius 2 is 1.77 bits per heavy atom. The van der Waals surface area contributed by atoms with E-state index in [1.807, 2.05) is 18.2 Å². The maximum atomic E-state index is 12.1. The van der Waals surface area contributed by atoms with E-state index in [2.05, 4.69) is 54.3 Å². The summed E-state index contributed by atoms with van der Waals surface area (Å²) in [6, 6.07) is 13.8. The van der Waals surface area contributed by atoms with Crippen molar-refractivity contribution in [2.75, 3.05) is 5.32 Å². The van der Waals surface area contributed by atoms with Crippen LogP contribution in [-0.2, 0) is 0 Å². The average Bonchev–Trinajstić information content (AvgIpc) is 2.46. The normalized spacial score (nSPS) is 12.3. The van der Waals surface area contributed by atoms with E-state index in [0.29, 0.717) is 16.9 Å². The first kappa shape index (κ1) is 14.3. The number of aryl methyl sites for hydroxylation is 2. The Morgan fingerprint density at radius 1 is 1.09 bits per heavy atom. The molecule has 4 heteroatoms. The maximum absolute atomic E-state index is 12.1. The lowest BCUT2D eigenvalue weighted by Crippen LogP contribution is -2.15. The highest BCUT2D eigenvalue weighted by atomic mass is 16.1. The molecule has 112 valence electrons. The minimum atomic E-state index is -0.124. The first-order valence-corrected chi connectivity index (χ1v) is 7.37. The number of hydrogen-bond donors (Lipinski definition) is 2. The maximum Gasteiger partial charge on any atom is 0.260 e. The van der Waals surface area contributed by atoms with Crippen LogP contribution in [-0.4, -0.2) is 9.97 Å². The number of H-pyrrole nitrogens is 1. The van der Waals surface area contributed by atoms with Gasteiger partial charge in [0.05, 0.1) is 16.9 Å². The van der Waals surface area contributed by atoms with Gasteiger partial charge in [0.25, 0.3) is 5.56 Å². The Kier molecular flexibility index (Phi) is 3.67. The molecule has 0 bridgehead atoms. The van der Waals surface area contributed by atoms with Crippen molar-refractivity contribution >= 4 is 16.9 Å². The fourth-order valence-electron chi connectivity index (χ4n) is 2.70. The molecule has 0 aliphatic carbocycles. The molecule has 3 rings (SSSR count). The summed E-state index contributed by atoms with van der Waals surface area (Å²) in [4.78, 5) is 19.4. The summed E-state index contributed by atoms with van der Waals surface area (Å²) >= 11 is 0. The number of hydrogen-bond acceptors (Lipinski definition) is 3. The van der Waals surface area contributed by atoms with E-state index >= 15 is 0 Å². The summed E-state index contributed by atoms with van der Waals surface area (Å²) in [6.07, 6.45) is 0. The summed E-state index contributed by atoms with van der Waals surface area (Å²) in [6.45, 7) is 6.22. The predicted molar refractivity (Wildman–Crippen MR) is 90.3 cm³/mol. The van der Waals surface area contributed by atoms with Gasteiger partial charge in [-0.05, 0) is 38.5 Å². The van der Waals surface area contributed by atoms with E-state index in [-0.39, 0.29) is 11.6 Å². The van der Waals surface area contributed by atoms with E-state index in [1.54, 1.807) is 6.07 Å². The highest BCUT2D eigenvalue weighted by Crippen LogP contribution is 2.20. The molecule has 2 aromatic carbocycles. The van der Waals surface area contributed by atoms with Crippen LogP contribution in [0.5, 0.6) is 0 Å². The first-order valence-electron chi connectivity index (χ1n) is 7.37. The standard InChI is InChI=1S/C18H19N3O/c1-11-8-12(2)10-14(9-11)13(3)19-18-20-16-7-5-4-6-15(16)17(22)21-18/h4-10,13H,1-3H3,(H2,19,20,21,22). The van der Waals surface area contributed by atoms with Gasteiger partial charge in [-0.1, -0.05) is 41.5 Å². The SMILES string of the molecule is Cc1cc(C)cc(C(C)Nc2nc3ccccc3c(=O)[nH]2)c1. The van der Waals surface area contributed by atoms with Crippen LogP contribution in [0.3, 0.4) is 0 Å². The number of benzene rings is 2. The largest absolute Gasteiger partial charge is 0.349 e. The zero-order valence-electron chi connectivity index (χ0n) is 13.0. The minimum absolute atomic E-state index is 0.0583. The van der Waals surface area contributed by atoms with Crippen LogP contribution in [0.25, 0.3) is 10.9 Å². The lowest BCUT2D eigenvalue weighted by molar-refractivity contribution is 0.858. The van der Waals surface area contributed by atoms with Crippen LogP contribution >= 0.6 is 0 Å². The zero-order chi connectivity index (χ0) is 15.7. The number of aromatic amines is 1. The lowest BCUT2D eigenvalue weighted by atomic mass is 10.0. The molecule has 3 aromatic rings. The van der Waals surface area contributed by atoms with Gasteiger partial charge in [-0.2, -0.15) is 0 Å². The van der Waals surface area contributed by atoms with Crippen molar-refractivity contribution in [1.29, 1.82) is 0 Å². The van der Waals surface area contributed by atoms with Crippen LogP contribution in [0.15, 0.2) is 47.3 Å². The van der Waals surface area contributed by atoms with Crippen LogP contribution in [0.1, 0.15) is 29.7 Å². The zero-order valence-corrected chi connectivity index (χ0v) is 13.0. The first-order chi connectivity index (χ1) is 10.5. The Hall–Kier alpha value is -2.62. The van der Waals surface area contributed by atoms with Crippen LogP contribution in [0, 0.1) is 13.8 Å². The lowest BCUT2D eigenvalue weighted by Gasteiger charge is -2.16. The molecule has 0 amide bonds. The summed E-state index contributed by atoms with van der Waals surface area (Å²) < 4.78 is 0. The Bertz CT molecular complexity index is 863. The fraction of sp³-hybridized carbons (Fsp3) is 0.222. The molecule has 4 nitrogen and oxygen atoms in total. The van der Waals surface area contributed by atoms with E-state index in [1.165, 1.54) is 16.7 Å². The highest BCUT2D eigenvalue weighted by molar-refractivity contribution is 5.78. The average molecular weight is 293 g/mol. The molecule has 1 unspecified atom stereocenters. The topological polar surface area (TPSA) is 57.8 Å². The summed E-state index contributed by atoms with van der Waals surface area (Å²) in [5.41, 5.74) is 4.20. The Morgan fingerprint density at radius 3 is 2.50 bits per heavy atom. The van der Waals surface area contributed by atoms with Crippen molar-refractivity contribution in [3.63, 3.8) is 0 Å². The number of nitrogens with zero attached hydrogens (tertiary/aromatic N) is 1. The molecule has 2 N–H and O–H groups in total. The molecular formula is C18H19N3O. The number of rotatable bonds is 3. The second-order valence-corrected chi connectivity index (χ2v) is 5.72. The Labute approximate surface area is 129 Å². The summed E-state index contributed by atoms with van der Waals surface area (Å²) in [5.74, 6) is 0.496. The van der Waals surface area contributed by atoms with Gasteiger partial charge in [0.1, 0.15) is 0 Å².